The van der Waals surface area contributed by atoms with Gasteiger partial charge in [-0.3, -0.25) is 9.59 Å². The Morgan fingerprint density at radius 3 is 2.52 bits per heavy atom. The Kier molecular flexibility index (Phi) is 4.92. The van der Waals surface area contributed by atoms with Gasteiger partial charge in [-0.2, -0.15) is 0 Å². The van der Waals surface area contributed by atoms with Crippen molar-refractivity contribution in [2.24, 2.45) is 0 Å². The number of hydrogen-bond acceptors (Lipinski definition) is 6. The smallest absolute Gasteiger partial charge is 0.242 e. The van der Waals surface area contributed by atoms with Crippen LogP contribution in [0.2, 0.25) is 0 Å². The SMILES string of the molecule is CC(=O)N(CC(=O)N1CCC2(CC1)OCCO2)Cc1ccc2c(c1)OCO2. The van der Waals surface area contributed by atoms with Crippen LogP contribution in [0.5, 0.6) is 11.5 Å². The number of fused-ring (bicyclic) bond motifs is 1. The van der Waals surface area contributed by atoms with Gasteiger partial charge in [0.15, 0.2) is 17.3 Å². The van der Waals surface area contributed by atoms with Crippen LogP contribution in [-0.4, -0.2) is 67.0 Å². The highest BCUT2D eigenvalue weighted by molar-refractivity contribution is 5.84. The fourth-order valence-corrected chi connectivity index (χ4v) is 3.68. The zero-order valence-corrected chi connectivity index (χ0v) is 15.4. The van der Waals surface area contributed by atoms with Gasteiger partial charge in [-0.25, -0.2) is 0 Å². The molecular formula is C19H24N2O6. The molecule has 0 aliphatic carbocycles. The first-order chi connectivity index (χ1) is 13.0. The van der Waals surface area contributed by atoms with Gasteiger partial charge in [0, 0.05) is 39.4 Å². The summed E-state index contributed by atoms with van der Waals surface area (Å²) in [7, 11) is 0. The molecule has 1 aromatic rings. The molecule has 146 valence electrons. The topological polar surface area (TPSA) is 77.5 Å². The molecule has 3 heterocycles. The third-order valence-corrected chi connectivity index (χ3v) is 5.27. The maximum Gasteiger partial charge on any atom is 0.242 e. The van der Waals surface area contributed by atoms with Crippen LogP contribution in [-0.2, 0) is 25.6 Å². The van der Waals surface area contributed by atoms with E-state index >= 15 is 0 Å². The number of rotatable bonds is 4. The molecule has 0 N–H and O–H groups in total. The molecular weight excluding hydrogens is 352 g/mol. The van der Waals surface area contributed by atoms with Crippen LogP contribution in [0.1, 0.15) is 25.3 Å². The van der Waals surface area contributed by atoms with E-state index in [0.717, 1.165) is 5.56 Å². The summed E-state index contributed by atoms with van der Waals surface area (Å²) in [6.07, 6.45) is 1.34. The van der Waals surface area contributed by atoms with E-state index < -0.39 is 5.79 Å². The minimum atomic E-state index is -0.510. The summed E-state index contributed by atoms with van der Waals surface area (Å²) in [5.74, 6) is 0.655. The standard InChI is InChI=1S/C19H24N2O6/c1-14(22)21(11-15-2-3-16-17(10-15)25-13-24-16)12-18(23)20-6-4-19(5-7-20)26-8-9-27-19/h2-3,10H,4-9,11-13H2,1H3. The minimum absolute atomic E-state index is 0.0541. The first-order valence-corrected chi connectivity index (χ1v) is 9.24. The lowest BCUT2D eigenvalue weighted by Gasteiger charge is -2.38. The van der Waals surface area contributed by atoms with Gasteiger partial charge in [-0.05, 0) is 17.7 Å². The summed E-state index contributed by atoms with van der Waals surface area (Å²) in [6.45, 7) is 4.47. The molecule has 2 fully saturated rings. The van der Waals surface area contributed by atoms with Gasteiger partial charge in [0.2, 0.25) is 18.6 Å². The van der Waals surface area contributed by atoms with Crippen molar-refractivity contribution in [2.45, 2.75) is 32.1 Å². The lowest BCUT2D eigenvalue weighted by Crippen LogP contribution is -2.50. The second kappa shape index (κ2) is 7.36. The second-order valence-electron chi connectivity index (χ2n) is 7.05. The Bertz CT molecular complexity index is 721. The van der Waals surface area contributed by atoms with E-state index in [9.17, 15) is 9.59 Å². The maximum absolute atomic E-state index is 12.7. The predicted octanol–water partition coefficient (Wildman–Crippen LogP) is 1.13. The lowest BCUT2D eigenvalue weighted by molar-refractivity contribution is -0.187. The Balaban J connectivity index is 1.35. The van der Waals surface area contributed by atoms with Gasteiger partial charge in [0.25, 0.3) is 0 Å². The van der Waals surface area contributed by atoms with E-state index in [4.69, 9.17) is 18.9 Å². The van der Waals surface area contributed by atoms with Crippen molar-refractivity contribution in [1.82, 2.24) is 9.80 Å². The van der Waals surface area contributed by atoms with E-state index in [1.54, 1.807) is 9.80 Å². The van der Waals surface area contributed by atoms with Crippen molar-refractivity contribution < 1.29 is 28.5 Å². The molecule has 1 aromatic carbocycles. The van der Waals surface area contributed by atoms with Gasteiger partial charge < -0.3 is 28.7 Å². The molecule has 8 nitrogen and oxygen atoms in total. The predicted molar refractivity (Wildman–Crippen MR) is 94.1 cm³/mol. The highest BCUT2D eigenvalue weighted by Gasteiger charge is 2.40. The fourth-order valence-electron chi connectivity index (χ4n) is 3.68. The number of piperidine rings is 1. The van der Waals surface area contributed by atoms with Crippen LogP contribution in [0.4, 0.5) is 0 Å². The molecule has 2 amide bonds. The summed E-state index contributed by atoms with van der Waals surface area (Å²) < 4.78 is 22.1. The molecule has 0 unspecified atom stereocenters. The summed E-state index contributed by atoms with van der Waals surface area (Å²) in [5.41, 5.74) is 0.896. The molecule has 27 heavy (non-hydrogen) atoms. The minimum Gasteiger partial charge on any atom is -0.454 e. The van der Waals surface area contributed by atoms with Crippen LogP contribution < -0.4 is 9.47 Å². The molecule has 0 atom stereocenters. The Hall–Kier alpha value is -2.32. The maximum atomic E-state index is 12.7. The Morgan fingerprint density at radius 1 is 1.11 bits per heavy atom. The van der Waals surface area contributed by atoms with E-state index in [0.29, 0.717) is 57.2 Å². The van der Waals surface area contributed by atoms with E-state index in [-0.39, 0.29) is 25.2 Å². The second-order valence-corrected chi connectivity index (χ2v) is 7.05. The molecule has 3 aliphatic rings. The highest BCUT2D eigenvalue weighted by atomic mass is 16.7. The van der Waals surface area contributed by atoms with Gasteiger partial charge >= 0.3 is 0 Å². The third-order valence-electron chi connectivity index (χ3n) is 5.27. The highest BCUT2D eigenvalue weighted by Crippen LogP contribution is 2.33. The molecule has 1 spiro atoms. The quantitative estimate of drug-likeness (QED) is 0.784. The van der Waals surface area contributed by atoms with Gasteiger partial charge in [-0.15, -0.1) is 0 Å². The first kappa shape index (κ1) is 18.1. The monoisotopic (exact) mass is 376 g/mol. The third kappa shape index (κ3) is 3.86. The summed E-state index contributed by atoms with van der Waals surface area (Å²) in [6, 6.07) is 5.55. The van der Waals surface area contributed by atoms with Crippen LogP contribution in [0.25, 0.3) is 0 Å². The molecule has 2 saturated heterocycles. The van der Waals surface area contributed by atoms with Crippen molar-refractivity contribution in [3.8, 4) is 11.5 Å². The zero-order chi connectivity index (χ0) is 18.9. The molecule has 4 rings (SSSR count). The lowest BCUT2D eigenvalue weighted by atomic mass is 10.0. The van der Waals surface area contributed by atoms with Crippen molar-refractivity contribution in [1.29, 1.82) is 0 Å². The largest absolute Gasteiger partial charge is 0.454 e. The number of carbonyl (C=O) groups excluding carboxylic acids is 2. The van der Waals surface area contributed by atoms with Crippen LogP contribution >= 0.6 is 0 Å². The van der Waals surface area contributed by atoms with Crippen molar-refractivity contribution in [3.63, 3.8) is 0 Å². The molecule has 0 aromatic heterocycles. The van der Waals surface area contributed by atoms with Crippen LogP contribution in [0, 0.1) is 0 Å². The number of amides is 2. The fraction of sp³-hybridized carbons (Fsp3) is 0.579. The Morgan fingerprint density at radius 2 is 1.81 bits per heavy atom. The zero-order valence-electron chi connectivity index (χ0n) is 15.4. The molecule has 0 bridgehead atoms. The number of ether oxygens (including phenoxy) is 4. The number of likely N-dealkylation sites (tertiary alicyclic amines) is 1. The number of hydrogen-bond donors (Lipinski definition) is 0. The van der Waals surface area contributed by atoms with E-state index in [1.807, 2.05) is 18.2 Å². The van der Waals surface area contributed by atoms with Gasteiger partial charge in [0.1, 0.15) is 6.54 Å². The number of carbonyl (C=O) groups is 2. The summed E-state index contributed by atoms with van der Waals surface area (Å²) >= 11 is 0. The van der Waals surface area contributed by atoms with Crippen molar-refractivity contribution in [2.75, 3.05) is 39.6 Å². The molecule has 0 radical (unpaired) electrons. The number of benzene rings is 1. The van der Waals surface area contributed by atoms with Gasteiger partial charge in [0.05, 0.1) is 13.2 Å². The average Bonchev–Trinajstić information content (AvgIpc) is 3.31. The van der Waals surface area contributed by atoms with E-state index in [1.165, 1.54) is 6.92 Å². The summed E-state index contributed by atoms with van der Waals surface area (Å²) in [4.78, 5) is 28.1. The van der Waals surface area contributed by atoms with Gasteiger partial charge in [-0.1, -0.05) is 6.07 Å². The number of nitrogens with zero attached hydrogens (tertiary/aromatic N) is 2. The summed E-state index contributed by atoms with van der Waals surface area (Å²) in [5, 5.41) is 0. The van der Waals surface area contributed by atoms with Crippen LogP contribution in [0.15, 0.2) is 18.2 Å². The normalized spacial score (nSPS) is 20.1. The first-order valence-electron chi connectivity index (χ1n) is 9.24. The molecule has 8 heteroatoms. The average molecular weight is 376 g/mol. The Labute approximate surface area is 157 Å². The van der Waals surface area contributed by atoms with Crippen molar-refractivity contribution in [3.05, 3.63) is 23.8 Å². The molecule has 0 saturated carbocycles. The van der Waals surface area contributed by atoms with Crippen LogP contribution in [0.3, 0.4) is 0 Å². The molecule has 3 aliphatic heterocycles. The van der Waals surface area contributed by atoms with Crippen molar-refractivity contribution >= 4 is 11.8 Å². The van der Waals surface area contributed by atoms with E-state index in [2.05, 4.69) is 0 Å².